The van der Waals surface area contributed by atoms with Gasteiger partial charge in [-0.25, -0.2) is 0 Å². The molecular weight excluding hydrogens is 392 g/mol. The second-order valence-electron chi connectivity index (χ2n) is 8.68. The van der Waals surface area contributed by atoms with Crippen molar-refractivity contribution in [2.75, 3.05) is 24.5 Å². The molecule has 1 aromatic heterocycles. The summed E-state index contributed by atoms with van der Waals surface area (Å²) in [7, 11) is 0. The normalized spacial score (nSPS) is 24.4. The number of likely N-dealkylation sites (tertiary alicyclic amines) is 2. The molecule has 2 amide bonds. The first-order valence-corrected chi connectivity index (χ1v) is 11.1. The number of rotatable bonds is 3. The number of piperidine rings is 1. The number of amides is 2. The average molecular weight is 421 g/mol. The summed E-state index contributed by atoms with van der Waals surface area (Å²) >= 11 is 0. The molecule has 0 N–H and O–H groups in total. The first-order chi connectivity index (χ1) is 15.1. The fourth-order valence-electron chi connectivity index (χ4n) is 5.16. The lowest BCUT2D eigenvalue weighted by atomic mass is 10.0. The van der Waals surface area contributed by atoms with Gasteiger partial charge >= 0.3 is 0 Å². The lowest BCUT2D eigenvalue weighted by Gasteiger charge is -2.39. The second kappa shape index (κ2) is 8.30. The lowest BCUT2D eigenvalue weighted by Crippen LogP contribution is -2.52. The number of carbonyl (C=O) groups excluding carboxylic acids is 2. The summed E-state index contributed by atoms with van der Waals surface area (Å²) in [5.74, 6) is 1.01. The highest BCUT2D eigenvalue weighted by molar-refractivity contribution is 5.99. The molecule has 1 aromatic carbocycles. The van der Waals surface area contributed by atoms with Crippen molar-refractivity contribution in [1.29, 1.82) is 0 Å². The minimum Gasteiger partial charge on any atom is -0.487 e. The van der Waals surface area contributed by atoms with Crippen molar-refractivity contribution in [1.82, 2.24) is 14.8 Å². The molecule has 31 heavy (non-hydrogen) atoms. The highest BCUT2D eigenvalue weighted by atomic mass is 16.5. The van der Waals surface area contributed by atoms with Gasteiger partial charge in [0, 0.05) is 51.4 Å². The van der Waals surface area contributed by atoms with Crippen LogP contribution in [-0.4, -0.2) is 64.4 Å². The third-order valence-corrected chi connectivity index (χ3v) is 6.74. The van der Waals surface area contributed by atoms with Crippen LogP contribution >= 0.6 is 0 Å². The van der Waals surface area contributed by atoms with E-state index in [9.17, 15) is 9.59 Å². The molecule has 162 valence electrons. The number of hydrogen-bond donors (Lipinski definition) is 0. The van der Waals surface area contributed by atoms with E-state index in [0.717, 1.165) is 49.5 Å². The predicted molar refractivity (Wildman–Crippen MR) is 117 cm³/mol. The molecule has 2 saturated heterocycles. The number of ether oxygens (including phenoxy) is 1. The van der Waals surface area contributed by atoms with Crippen molar-refractivity contribution < 1.29 is 14.3 Å². The minimum atomic E-state index is -0.205. The van der Waals surface area contributed by atoms with Gasteiger partial charge in [-0.1, -0.05) is 18.2 Å². The third kappa shape index (κ3) is 3.90. The zero-order valence-corrected chi connectivity index (χ0v) is 17.8. The molecule has 5 rings (SSSR count). The molecule has 0 saturated carbocycles. The molecule has 7 nitrogen and oxygen atoms in total. The van der Waals surface area contributed by atoms with E-state index in [0.29, 0.717) is 19.0 Å². The van der Waals surface area contributed by atoms with Gasteiger partial charge in [-0.15, -0.1) is 0 Å². The van der Waals surface area contributed by atoms with Gasteiger partial charge < -0.3 is 14.5 Å². The average Bonchev–Trinajstić information content (AvgIpc) is 3.22. The van der Waals surface area contributed by atoms with Crippen molar-refractivity contribution in [3.05, 3.63) is 54.4 Å². The Bertz CT molecular complexity index is 958. The highest BCUT2D eigenvalue weighted by Crippen LogP contribution is 2.38. The van der Waals surface area contributed by atoms with Gasteiger partial charge in [0.25, 0.3) is 0 Å². The predicted octanol–water partition coefficient (Wildman–Crippen LogP) is 2.46. The first-order valence-electron chi connectivity index (χ1n) is 11.1. The molecule has 2 atom stereocenters. The van der Waals surface area contributed by atoms with Crippen LogP contribution in [0, 0.1) is 0 Å². The van der Waals surface area contributed by atoms with Crippen LogP contribution in [0.1, 0.15) is 31.7 Å². The highest BCUT2D eigenvalue weighted by Gasteiger charge is 2.45. The Hall–Kier alpha value is -2.93. The van der Waals surface area contributed by atoms with E-state index in [1.807, 2.05) is 52.4 Å². The molecule has 2 bridgehead atoms. The second-order valence-corrected chi connectivity index (χ2v) is 8.68. The lowest BCUT2D eigenvalue weighted by molar-refractivity contribution is -0.131. The van der Waals surface area contributed by atoms with E-state index in [2.05, 4.69) is 9.88 Å². The summed E-state index contributed by atoms with van der Waals surface area (Å²) in [5.41, 5.74) is 1.81. The molecule has 3 aliphatic rings. The molecule has 0 aliphatic carbocycles. The fourth-order valence-corrected chi connectivity index (χ4v) is 5.16. The molecule has 2 unspecified atom stereocenters. The van der Waals surface area contributed by atoms with E-state index in [1.54, 1.807) is 13.1 Å². The van der Waals surface area contributed by atoms with Gasteiger partial charge in [0.2, 0.25) is 11.8 Å². The fraction of sp³-hybridized carbons (Fsp3) is 0.458. The van der Waals surface area contributed by atoms with Gasteiger partial charge in [0.1, 0.15) is 11.9 Å². The number of hydrogen-bond acceptors (Lipinski definition) is 5. The van der Waals surface area contributed by atoms with Crippen molar-refractivity contribution in [3.8, 4) is 5.75 Å². The van der Waals surface area contributed by atoms with Gasteiger partial charge in [-0.3, -0.25) is 19.5 Å². The van der Waals surface area contributed by atoms with Crippen LogP contribution in [0.2, 0.25) is 0 Å². The summed E-state index contributed by atoms with van der Waals surface area (Å²) in [4.78, 5) is 35.9. The topological polar surface area (TPSA) is 66.0 Å². The van der Waals surface area contributed by atoms with Crippen LogP contribution in [0.4, 0.5) is 5.69 Å². The Labute approximate surface area is 182 Å². The number of nitrogens with zero attached hydrogens (tertiary/aromatic N) is 4. The molecular formula is C24H28N4O3. The number of fused-ring (bicyclic) bond motifs is 3. The first kappa shape index (κ1) is 20.0. The van der Waals surface area contributed by atoms with Gasteiger partial charge in [-0.05, 0) is 36.6 Å². The van der Waals surface area contributed by atoms with Crippen LogP contribution in [0.15, 0.2) is 48.8 Å². The quantitative estimate of drug-likeness (QED) is 0.763. The number of carbonyl (C=O) groups is 2. The van der Waals surface area contributed by atoms with Crippen molar-refractivity contribution in [2.24, 2.45) is 0 Å². The van der Waals surface area contributed by atoms with E-state index >= 15 is 0 Å². The maximum absolute atomic E-state index is 13.9. The standard InChI is InChI=1S/C24H28N4O3/c1-17(29)26-11-8-19(9-12-26)27-16-20-13-22(27)24(30)28(15-18-5-4-10-25-14-18)21-6-2-3-7-23(21)31-20/h2-7,10,14,19-20,22H,8-9,11-13,15-16H2,1H3. The van der Waals surface area contributed by atoms with Crippen molar-refractivity contribution >= 4 is 17.5 Å². The molecule has 0 spiro atoms. The van der Waals surface area contributed by atoms with Crippen molar-refractivity contribution in [3.63, 3.8) is 0 Å². The monoisotopic (exact) mass is 420 g/mol. The molecule has 2 fully saturated rings. The zero-order chi connectivity index (χ0) is 21.4. The van der Waals surface area contributed by atoms with Crippen LogP contribution < -0.4 is 9.64 Å². The Balaban J connectivity index is 1.43. The number of pyridine rings is 1. The van der Waals surface area contributed by atoms with E-state index in [-0.39, 0.29) is 24.0 Å². The molecule has 3 aliphatic heterocycles. The number of aromatic nitrogens is 1. The van der Waals surface area contributed by atoms with Gasteiger partial charge in [0.05, 0.1) is 18.3 Å². The summed E-state index contributed by atoms with van der Waals surface area (Å²) in [5, 5.41) is 0. The van der Waals surface area contributed by atoms with E-state index in [1.165, 1.54) is 0 Å². The molecule has 0 radical (unpaired) electrons. The van der Waals surface area contributed by atoms with E-state index < -0.39 is 0 Å². The Morgan fingerprint density at radius 2 is 1.97 bits per heavy atom. The number of anilines is 1. The van der Waals surface area contributed by atoms with Gasteiger partial charge in [0.15, 0.2) is 0 Å². The Morgan fingerprint density at radius 1 is 1.16 bits per heavy atom. The number of benzene rings is 1. The van der Waals surface area contributed by atoms with Crippen molar-refractivity contribution in [2.45, 2.75) is 50.9 Å². The maximum Gasteiger partial charge on any atom is 0.244 e. The van der Waals surface area contributed by atoms with Crippen LogP contribution in [0.3, 0.4) is 0 Å². The number of para-hydroxylation sites is 2. The summed E-state index contributed by atoms with van der Waals surface area (Å²) in [6.07, 6.45) is 6.04. The third-order valence-electron chi connectivity index (χ3n) is 6.74. The van der Waals surface area contributed by atoms with Crippen LogP contribution in [0.25, 0.3) is 0 Å². The van der Waals surface area contributed by atoms with Crippen LogP contribution in [0.5, 0.6) is 5.75 Å². The molecule has 2 aromatic rings. The van der Waals surface area contributed by atoms with Gasteiger partial charge in [-0.2, -0.15) is 0 Å². The van der Waals surface area contributed by atoms with E-state index in [4.69, 9.17) is 4.74 Å². The molecule has 4 heterocycles. The summed E-state index contributed by atoms with van der Waals surface area (Å²) in [6.45, 7) is 4.34. The Kier molecular flexibility index (Phi) is 5.36. The van der Waals surface area contributed by atoms with Crippen LogP contribution in [-0.2, 0) is 16.1 Å². The summed E-state index contributed by atoms with van der Waals surface area (Å²) < 4.78 is 6.41. The maximum atomic E-state index is 13.9. The Morgan fingerprint density at radius 3 is 2.71 bits per heavy atom. The summed E-state index contributed by atoms with van der Waals surface area (Å²) in [6, 6.07) is 11.8. The molecule has 7 heteroatoms. The SMILES string of the molecule is CC(=O)N1CCC(N2CC3CC2C(=O)N(Cc2cccnc2)c2ccccc2O3)CC1. The zero-order valence-electron chi connectivity index (χ0n) is 17.8. The smallest absolute Gasteiger partial charge is 0.244 e. The largest absolute Gasteiger partial charge is 0.487 e. The minimum absolute atomic E-state index is 0.00137.